The smallest absolute Gasteiger partial charge is 0.410 e. The van der Waals surface area contributed by atoms with Crippen molar-refractivity contribution in [3.8, 4) is 11.5 Å². The van der Waals surface area contributed by atoms with Gasteiger partial charge in [-0.25, -0.2) is 4.79 Å². The van der Waals surface area contributed by atoms with E-state index in [1.54, 1.807) is 30.3 Å². The van der Waals surface area contributed by atoms with Crippen molar-refractivity contribution in [2.45, 2.75) is 38.9 Å². The molecule has 1 aromatic carbocycles. The third kappa shape index (κ3) is 4.12. The van der Waals surface area contributed by atoms with Crippen LogP contribution in [0, 0.1) is 0 Å². The number of likely N-dealkylation sites (tertiary alicyclic amines) is 1. The van der Waals surface area contributed by atoms with Gasteiger partial charge in [-0.2, -0.15) is 0 Å². The SMILES string of the molecule is COc1cc2nccc(Cl)c2cc1O[C@H]1CCN(C(=O)OC(C)(C)C)C1. The van der Waals surface area contributed by atoms with Gasteiger partial charge in [0.15, 0.2) is 11.5 Å². The van der Waals surface area contributed by atoms with E-state index < -0.39 is 5.60 Å². The van der Waals surface area contributed by atoms with Crippen molar-refractivity contribution in [3.63, 3.8) is 0 Å². The molecule has 1 aliphatic heterocycles. The van der Waals surface area contributed by atoms with Gasteiger partial charge < -0.3 is 19.1 Å². The van der Waals surface area contributed by atoms with Crippen LogP contribution in [0.15, 0.2) is 24.4 Å². The van der Waals surface area contributed by atoms with Crippen LogP contribution < -0.4 is 9.47 Å². The zero-order chi connectivity index (χ0) is 18.9. The zero-order valence-electron chi connectivity index (χ0n) is 15.4. The van der Waals surface area contributed by atoms with Gasteiger partial charge in [-0.05, 0) is 32.9 Å². The van der Waals surface area contributed by atoms with Crippen LogP contribution in [0.2, 0.25) is 5.02 Å². The first-order chi connectivity index (χ1) is 12.3. The molecule has 1 amide bonds. The highest BCUT2D eigenvalue weighted by atomic mass is 35.5. The molecular formula is C19H23ClN2O4. The summed E-state index contributed by atoms with van der Waals surface area (Å²) < 4.78 is 17.0. The van der Waals surface area contributed by atoms with Gasteiger partial charge in [0.1, 0.15) is 11.7 Å². The van der Waals surface area contributed by atoms with E-state index in [1.807, 2.05) is 26.8 Å². The Bertz CT molecular complexity index is 819. The lowest BCUT2D eigenvalue weighted by atomic mass is 10.2. The summed E-state index contributed by atoms with van der Waals surface area (Å²) in [4.78, 5) is 18.2. The highest BCUT2D eigenvalue weighted by Gasteiger charge is 2.31. The fourth-order valence-electron chi connectivity index (χ4n) is 2.87. The Balaban J connectivity index is 1.75. The minimum absolute atomic E-state index is 0.135. The Morgan fingerprint density at radius 2 is 2.08 bits per heavy atom. The molecule has 0 aliphatic carbocycles. The first-order valence-corrected chi connectivity index (χ1v) is 8.91. The van der Waals surface area contributed by atoms with Gasteiger partial charge in [-0.3, -0.25) is 4.98 Å². The van der Waals surface area contributed by atoms with Crippen LogP contribution in [0.1, 0.15) is 27.2 Å². The summed E-state index contributed by atoms with van der Waals surface area (Å²) in [6, 6.07) is 5.37. The minimum atomic E-state index is -0.513. The van der Waals surface area contributed by atoms with Crippen molar-refractivity contribution in [2.75, 3.05) is 20.2 Å². The number of aromatic nitrogens is 1. The quantitative estimate of drug-likeness (QED) is 0.797. The molecule has 0 spiro atoms. The lowest BCUT2D eigenvalue weighted by Crippen LogP contribution is -2.36. The molecule has 2 aromatic rings. The van der Waals surface area contributed by atoms with Gasteiger partial charge in [-0.15, -0.1) is 0 Å². The second-order valence-corrected chi connectivity index (χ2v) is 7.68. The number of amides is 1. The van der Waals surface area contributed by atoms with Gasteiger partial charge in [0.2, 0.25) is 0 Å². The number of benzene rings is 1. The number of methoxy groups -OCH3 is 1. The molecule has 0 bridgehead atoms. The molecule has 6 nitrogen and oxygen atoms in total. The van der Waals surface area contributed by atoms with E-state index in [1.165, 1.54) is 0 Å². The number of hydrogen-bond donors (Lipinski definition) is 0. The van der Waals surface area contributed by atoms with Gasteiger partial charge >= 0.3 is 6.09 Å². The summed E-state index contributed by atoms with van der Waals surface area (Å²) in [5.74, 6) is 1.17. The molecule has 2 heterocycles. The standard InChI is InChI=1S/C19H23ClN2O4/c1-19(2,3)26-18(23)22-8-6-12(11-22)25-17-9-13-14(20)5-7-21-15(13)10-16(17)24-4/h5,7,9-10,12H,6,8,11H2,1-4H3/t12-/m0/s1. The summed E-state index contributed by atoms with van der Waals surface area (Å²) in [6.07, 6.45) is 1.92. The molecule has 3 rings (SSSR count). The predicted octanol–water partition coefficient (Wildman–Crippen LogP) is 4.29. The van der Waals surface area contributed by atoms with E-state index in [9.17, 15) is 4.79 Å². The predicted molar refractivity (Wildman–Crippen MR) is 100 cm³/mol. The lowest BCUT2D eigenvalue weighted by molar-refractivity contribution is 0.0275. The van der Waals surface area contributed by atoms with Crippen LogP contribution in [-0.4, -0.2) is 47.9 Å². The van der Waals surface area contributed by atoms with E-state index in [-0.39, 0.29) is 12.2 Å². The molecule has 0 radical (unpaired) electrons. The third-order valence-corrected chi connectivity index (χ3v) is 4.39. The van der Waals surface area contributed by atoms with Crippen LogP contribution in [0.4, 0.5) is 4.79 Å². The third-order valence-electron chi connectivity index (χ3n) is 4.06. The molecule has 26 heavy (non-hydrogen) atoms. The largest absolute Gasteiger partial charge is 0.493 e. The van der Waals surface area contributed by atoms with Crippen LogP contribution >= 0.6 is 11.6 Å². The highest BCUT2D eigenvalue weighted by Crippen LogP contribution is 2.35. The number of nitrogens with zero attached hydrogens (tertiary/aromatic N) is 2. The number of carbonyl (C=O) groups is 1. The molecule has 140 valence electrons. The summed E-state index contributed by atoms with van der Waals surface area (Å²) in [5, 5.41) is 1.40. The monoisotopic (exact) mass is 378 g/mol. The number of ether oxygens (including phenoxy) is 3. The minimum Gasteiger partial charge on any atom is -0.493 e. The Kier molecular flexibility index (Phi) is 5.14. The van der Waals surface area contributed by atoms with Crippen molar-refractivity contribution in [2.24, 2.45) is 0 Å². The fraction of sp³-hybridized carbons (Fsp3) is 0.474. The Hall–Kier alpha value is -2.21. The van der Waals surface area contributed by atoms with Crippen molar-refractivity contribution in [1.82, 2.24) is 9.88 Å². The van der Waals surface area contributed by atoms with E-state index in [2.05, 4.69) is 4.98 Å². The molecule has 1 aliphatic rings. The van der Waals surface area contributed by atoms with Gasteiger partial charge in [0.25, 0.3) is 0 Å². The first kappa shape index (κ1) is 18.6. The molecule has 1 fully saturated rings. The zero-order valence-corrected chi connectivity index (χ0v) is 16.2. The number of carbonyl (C=O) groups excluding carboxylic acids is 1. The van der Waals surface area contributed by atoms with E-state index in [4.69, 9.17) is 25.8 Å². The van der Waals surface area contributed by atoms with E-state index in [0.29, 0.717) is 29.6 Å². The van der Waals surface area contributed by atoms with Crippen molar-refractivity contribution < 1.29 is 19.0 Å². The summed E-state index contributed by atoms with van der Waals surface area (Å²) in [7, 11) is 1.58. The molecule has 7 heteroatoms. The molecule has 0 unspecified atom stereocenters. The average Bonchev–Trinajstić information content (AvgIpc) is 3.02. The van der Waals surface area contributed by atoms with Gasteiger partial charge in [0, 0.05) is 30.6 Å². The number of halogens is 1. The first-order valence-electron chi connectivity index (χ1n) is 8.53. The Morgan fingerprint density at radius 1 is 1.31 bits per heavy atom. The molecule has 1 saturated heterocycles. The van der Waals surface area contributed by atoms with Crippen LogP contribution in [0.25, 0.3) is 10.9 Å². The van der Waals surface area contributed by atoms with Crippen molar-refractivity contribution in [1.29, 1.82) is 0 Å². The molecular weight excluding hydrogens is 356 g/mol. The van der Waals surface area contributed by atoms with Gasteiger partial charge in [0.05, 0.1) is 24.2 Å². The molecule has 1 aromatic heterocycles. The summed E-state index contributed by atoms with van der Waals surface area (Å²) in [6.45, 7) is 6.63. The second-order valence-electron chi connectivity index (χ2n) is 7.27. The second kappa shape index (κ2) is 7.19. The molecule has 0 saturated carbocycles. The van der Waals surface area contributed by atoms with Crippen molar-refractivity contribution in [3.05, 3.63) is 29.4 Å². The maximum Gasteiger partial charge on any atom is 0.410 e. The fourth-order valence-corrected chi connectivity index (χ4v) is 3.08. The highest BCUT2D eigenvalue weighted by molar-refractivity contribution is 6.35. The molecule has 0 N–H and O–H groups in total. The number of fused-ring (bicyclic) bond motifs is 1. The number of pyridine rings is 1. The summed E-state index contributed by atoms with van der Waals surface area (Å²) >= 11 is 6.26. The van der Waals surface area contributed by atoms with Crippen LogP contribution in [0.3, 0.4) is 0 Å². The Morgan fingerprint density at radius 3 is 2.77 bits per heavy atom. The molecule has 1 atom stereocenters. The topological polar surface area (TPSA) is 60.9 Å². The normalized spacial score (nSPS) is 17.4. The maximum absolute atomic E-state index is 12.2. The van der Waals surface area contributed by atoms with Crippen LogP contribution in [0.5, 0.6) is 11.5 Å². The Labute approximate surface area is 158 Å². The van der Waals surface area contributed by atoms with E-state index in [0.717, 1.165) is 17.3 Å². The van der Waals surface area contributed by atoms with Crippen LogP contribution in [-0.2, 0) is 4.74 Å². The maximum atomic E-state index is 12.2. The lowest BCUT2D eigenvalue weighted by Gasteiger charge is -2.24. The average molecular weight is 379 g/mol. The van der Waals surface area contributed by atoms with E-state index >= 15 is 0 Å². The number of hydrogen-bond acceptors (Lipinski definition) is 5. The van der Waals surface area contributed by atoms with Gasteiger partial charge in [-0.1, -0.05) is 11.6 Å². The number of rotatable bonds is 3. The summed E-state index contributed by atoms with van der Waals surface area (Å²) in [5.41, 5.74) is 0.227. The van der Waals surface area contributed by atoms with Crippen molar-refractivity contribution >= 4 is 28.6 Å².